The number of nitrogens with two attached hydrogens (primary N) is 1. The summed E-state index contributed by atoms with van der Waals surface area (Å²) in [7, 11) is 0. The van der Waals surface area contributed by atoms with E-state index in [9.17, 15) is 33.9 Å². The van der Waals surface area contributed by atoms with Crippen LogP contribution in [0.15, 0.2) is 12.5 Å². The highest BCUT2D eigenvalue weighted by molar-refractivity contribution is 7.80. The Labute approximate surface area is 255 Å². The number of carbonyl (C=O) groups excluding carboxylic acids is 5. The minimum atomic E-state index is -1.27. The van der Waals surface area contributed by atoms with Crippen molar-refractivity contribution in [2.45, 2.75) is 77.3 Å². The summed E-state index contributed by atoms with van der Waals surface area (Å²) in [6, 6.07) is -6.62. The lowest BCUT2D eigenvalue weighted by Crippen LogP contribution is -2.60. The molecule has 0 saturated carbocycles. The number of imidazole rings is 1. The summed E-state index contributed by atoms with van der Waals surface area (Å²) in [5, 5.41) is 21.8. The van der Waals surface area contributed by atoms with Crippen molar-refractivity contribution in [1.29, 1.82) is 0 Å². The van der Waals surface area contributed by atoms with Gasteiger partial charge in [-0.3, -0.25) is 24.0 Å². The smallest absolute Gasteiger partial charge is 0.327 e. The molecule has 1 heterocycles. The summed E-state index contributed by atoms with van der Waals surface area (Å²) < 4.78 is 0. The van der Waals surface area contributed by atoms with Gasteiger partial charge in [0.05, 0.1) is 12.4 Å². The molecule has 6 unspecified atom stereocenters. The van der Waals surface area contributed by atoms with E-state index in [0.29, 0.717) is 5.69 Å². The maximum absolute atomic E-state index is 13.2. The van der Waals surface area contributed by atoms with Crippen molar-refractivity contribution in [2.24, 2.45) is 17.6 Å². The van der Waals surface area contributed by atoms with Crippen LogP contribution >= 0.6 is 25.3 Å². The number of amides is 5. The molecule has 1 rings (SSSR count). The highest BCUT2D eigenvalue weighted by Crippen LogP contribution is 2.08. The number of aromatic amines is 1. The normalized spacial score (nSPS) is 15.5. The number of carbonyl (C=O) groups is 6. The van der Waals surface area contributed by atoms with E-state index < -0.39 is 83.6 Å². The van der Waals surface area contributed by atoms with Gasteiger partial charge in [-0.1, -0.05) is 27.7 Å². The Hall–Kier alpha value is -3.31. The highest BCUT2D eigenvalue weighted by atomic mass is 32.1. The van der Waals surface area contributed by atoms with E-state index in [2.05, 4.69) is 61.8 Å². The van der Waals surface area contributed by atoms with Crippen molar-refractivity contribution in [1.82, 2.24) is 36.6 Å². The van der Waals surface area contributed by atoms with Crippen molar-refractivity contribution in [3.05, 3.63) is 18.2 Å². The predicted octanol–water partition coefficient (Wildman–Crippen LogP) is -2.02. The van der Waals surface area contributed by atoms with Gasteiger partial charge in [-0.25, -0.2) is 9.78 Å². The molecule has 42 heavy (non-hydrogen) atoms. The Morgan fingerprint density at radius 1 is 0.786 bits per heavy atom. The second-order valence-electron chi connectivity index (χ2n) is 10.4. The number of nitrogens with zero attached hydrogens (tertiary/aromatic N) is 1. The standard InChI is InChI=1S/C25H42N8O7S2/c1-11(2)18(23(37)31-17(9-42)25(39)40)33-24(38)19(12(3)4)32-20(34)13(5)29-22(36)16(6-14-7-27-10-28-14)30-21(35)15(26)8-41/h7,10-13,15-19,41-42H,6,8-9,26H2,1-5H3,(H,27,28)(H,29,36)(H,30,35)(H,31,37)(H,32,34)(H,33,38)(H,39,40). The SMILES string of the molecule is CC(NC(=O)C(Cc1cnc[nH]1)NC(=O)C(N)CS)C(=O)NC(C(=O)NC(C(=O)NC(CS)C(=O)O)C(C)C)C(C)C. The fourth-order valence-electron chi connectivity index (χ4n) is 3.60. The van der Waals surface area contributed by atoms with Gasteiger partial charge in [-0.05, 0) is 18.8 Å². The summed E-state index contributed by atoms with van der Waals surface area (Å²) in [5.41, 5.74) is 6.27. The average molecular weight is 631 g/mol. The van der Waals surface area contributed by atoms with Crippen molar-refractivity contribution in [3.63, 3.8) is 0 Å². The molecule has 0 aliphatic heterocycles. The van der Waals surface area contributed by atoms with Crippen LogP contribution < -0.4 is 32.3 Å². The monoisotopic (exact) mass is 630 g/mol. The van der Waals surface area contributed by atoms with Gasteiger partial charge >= 0.3 is 5.97 Å². The molecular weight excluding hydrogens is 588 g/mol. The van der Waals surface area contributed by atoms with Crippen molar-refractivity contribution >= 4 is 60.8 Å². The number of H-pyrrole nitrogens is 1. The average Bonchev–Trinajstić information content (AvgIpc) is 3.44. The Kier molecular flexibility index (Phi) is 15.4. The summed E-state index contributed by atoms with van der Waals surface area (Å²) in [5.74, 6) is -5.56. The third-order valence-corrected chi connectivity index (χ3v) is 6.95. The minimum Gasteiger partial charge on any atom is -0.480 e. The third kappa shape index (κ3) is 11.5. The number of carboxylic acid groups (broad SMARTS) is 1. The van der Waals surface area contributed by atoms with E-state index in [4.69, 9.17) is 5.73 Å². The van der Waals surface area contributed by atoms with Gasteiger partial charge in [0.2, 0.25) is 29.5 Å². The van der Waals surface area contributed by atoms with Crippen LogP contribution in [-0.2, 0) is 35.2 Å². The maximum atomic E-state index is 13.2. The molecule has 17 heteroatoms. The molecule has 9 N–H and O–H groups in total. The molecular formula is C25H42N8O7S2. The van der Waals surface area contributed by atoms with Crippen molar-refractivity contribution in [2.75, 3.05) is 11.5 Å². The van der Waals surface area contributed by atoms with E-state index in [1.807, 2.05) is 0 Å². The van der Waals surface area contributed by atoms with E-state index >= 15 is 0 Å². The first-order valence-electron chi connectivity index (χ1n) is 13.3. The fourth-order valence-corrected chi connectivity index (χ4v) is 4.02. The molecule has 5 amide bonds. The molecule has 0 radical (unpaired) electrons. The molecule has 6 atom stereocenters. The molecule has 1 aromatic rings. The quantitative estimate of drug-likeness (QED) is 0.0854. The zero-order valence-electron chi connectivity index (χ0n) is 24.2. The first-order valence-corrected chi connectivity index (χ1v) is 14.6. The van der Waals surface area contributed by atoms with Crippen LogP contribution in [0.4, 0.5) is 0 Å². The number of rotatable bonds is 17. The van der Waals surface area contributed by atoms with Crippen LogP contribution in [0.2, 0.25) is 0 Å². The molecule has 0 aliphatic rings. The van der Waals surface area contributed by atoms with Gasteiger partial charge in [-0.15, -0.1) is 0 Å². The largest absolute Gasteiger partial charge is 0.480 e. The van der Waals surface area contributed by atoms with Crippen LogP contribution in [-0.4, -0.2) is 98.3 Å². The Morgan fingerprint density at radius 3 is 1.76 bits per heavy atom. The van der Waals surface area contributed by atoms with Crippen LogP contribution in [0.3, 0.4) is 0 Å². The fraction of sp³-hybridized carbons (Fsp3) is 0.640. The lowest BCUT2D eigenvalue weighted by molar-refractivity contribution is -0.142. The zero-order chi connectivity index (χ0) is 32.1. The van der Waals surface area contributed by atoms with Crippen LogP contribution in [0, 0.1) is 11.8 Å². The van der Waals surface area contributed by atoms with Gasteiger partial charge in [0.15, 0.2) is 0 Å². The molecule has 236 valence electrons. The van der Waals surface area contributed by atoms with Crippen LogP contribution in [0.25, 0.3) is 0 Å². The molecule has 0 bridgehead atoms. The summed E-state index contributed by atoms with van der Waals surface area (Å²) in [6.45, 7) is 8.11. The molecule has 15 nitrogen and oxygen atoms in total. The Morgan fingerprint density at radius 2 is 1.31 bits per heavy atom. The van der Waals surface area contributed by atoms with Gasteiger partial charge in [0.25, 0.3) is 0 Å². The van der Waals surface area contributed by atoms with E-state index in [-0.39, 0.29) is 17.9 Å². The molecule has 0 fully saturated rings. The summed E-state index contributed by atoms with van der Waals surface area (Å²) >= 11 is 7.93. The van der Waals surface area contributed by atoms with Gasteiger partial charge < -0.3 is 42.4 Å². The number of thiol groups is 2. The second kappa shape index (κ2) is 17.6. The number of hydrogen-bond donors (Lipinski definition) is 10. The van der Waals surface area contributed by atoms with E-state index in [0.717, 1.165) is 0 Å². The molecule has 0 spiro atoms. The molecule has 1 aromatic heterocycles. The van der Waals surface area contributed by atoms with Gasteiger partial charge in [0.1, 0.15) is 30.2 Å². The number of carboxylic acids is 1. The number of aliphatic carboxylic acids is 1. The van der Waals surface area contributed by atoms with Crippen molar-refractivity contribution in [3.8, 4) is 0 Å². The van der Waals surface area contributed by atoms with Crippen LogP contribution in [0.1, 0.15) is 40.3 Å². The van der Waals surface area contributed by atoms with Crippen LogP contribution in [0.5, 0.6) is 0 Å². The minimum absolute atomic E-state index is 0.0385. The molecule has 0 aliphatic carbocycles. The number of hydrogen-bond acceptors (Lipinski definition) is 10. The first kappa shape index (κ1) is 36.7. The molecule has 0 aromatic carbocycles. The Balaban J connectivity index is 2.96. The molecule has 0 saturated heterocycles. The number of aromatic nitrogens is 2. The third-order valence-electron chi connectivity index (χ3n) is 6.19. The Bertz CT molecular complexity index is 1090. The summed E-state index contributed by atoms with van der Waals surface area (Å²) in [4.78, 5) is 82.4. The number of nitrogens with one attached hydrogen (secondary N) is 6. The van der Waals surface area contributed by atoms with E-state index in [1.54, 1.807) is 27.7 Å². The van der Waals surface area contributed by atoms with Gasteiger partial charge in [0, 0.05) is 29.8 Å². The zero-order valence-corrected chi connectivity index (χ0v) is 26.0. The maximum Gasteiger partial charge on any atom is 0.327 e. The highest BCUT2D eigenvalue weighted by Gasteiger charge is 2.33. The topological polar surface area (TPSA) is 237 Å². The lowest BCUT2D eigenvalue weighted by atomic mass is 9.99. The lowest BCUT2D eigenvalue weighted by Gasteiger charge is -2.28. The summed E-state index contributed by atoms with van der Waals surface area (Å²) in [6.07, 6.45) is 2.94. The predicted molar refractivity (Wildman–Crippen MR) is 161 cm³/mol. The van der Waals surface area contributed by atoms with Crippen molar-refractivity contribution < 1.29 is 33.9 Å². The van der Waals surface area contributed by atoms with Gasteiger partial charge in [-0.2, -0.15) is 25.3 Å². The second-order valence-corrected chi connectivity index (χ2v) is 11.1. The first-order chi connectivity index (χ1) is 19.6. The van der Waals surface area contributed by atoms with E-state index in [1.165, 1.54) is 19.4 Å².